The van der Waals surface area contributed by atoms with Gasteiger partial charge in [0.1, 0.15) is 11.3 Å². The molecule has 0 amide bonds. The third-order valence-corrected chi connectivity index (χ3v) is 7.95. The van der Waals surface area contributed by atoms with Crippen LogP contribution in [0.4, 0.5) is 5.82 Å². The highest BCUT2D eigenvalue weighted by Gasteiger charge is 2.36. The molecule has 4 rings (SSSR count). The average Bonchev–Trinajstić information content (AvgIpc) is 3.01. The molecule has 1 aliphatic carbocycles. The van der Waals surface area contributed by atoms with Crippen LogP contribution in [0.5, 0.6) is 0 Å². The number of aliphatic hydroxyl groups is 1. The maximum Gasteiger partial charge on any atom is 0.248 e. The Morgan fingerprint density at radius 2 is 1.74 bits per heavy atom. The molecule has 1 saturated heterocycles. The summed E-state index contributed by atoms with van der Waals surface area (Å²) in [6.07, 6.45) is 9.80. The van der Waals surface area contributed by atoms with Crippen LogP contribution in [0, 0.1) is 5.92 Å². The van der Waals surface area contributed by atoms with Gasteiger partial charge in [-0.25, -0.2) is 18.4 Å². The predicted octanol–water partition coefficient (Wildman–Crippen LogP) is 1.91. The quantitative estimate of drug-likeness (QED) is 0.820. The number of anilines is 1. The molecule has 2 aromatic heterocycles. The number of hydrogen-bond acceptors (Lipinski definition) is 6. The van der Waals surface area contributed by atoms with Gasteiger partial charge in [0, 0.05) is 38.1 Å². The van der Waals surface area contributed by atoms with Crippen LogP contribution in [-0.2, 0) is 10.0 Å². The zero-order valence-corrected chi connectivity index (χ0v) is 16.2. The minimum absolute atomic E-state index is 0.0959. The molecule has 0 unspecified atom stereocenters. The molecule has 3 heterocycles. The summed E-state index contributed by atoms with van der Waals surface area (Å²) in [4.78, 5) is 8.86. The number of rotatable bonds is 4. The lowest BCUT2D eigenvalue weighted by Crippen LogP contribution is -2.39. The molecular formula is C18H27N5O3S. The zero-order chi connectivity index (χ0) is 19.0. The molecule has 148 valence electrons. The number of hydrogen-bond donors (Lipinski definition) is 2. The Bertz CT molecular complexity index is 912. The highest BCUT2D eigenvalue weighted by atomic mass is 32.2. The van der Waals surface area contributed by atoms with E-state index in [0.717, 1.165) is 25.7 Å². The van der Waals surface area contributed by atoms with Gasteiger partial charge in [0.2, 0.25) is 10.0 Å². The average molecular weight is 394 g/mol. The minimum atomic E-state index is -3.77. The standard InChI is InChI=1S/C18H27N5O3S/c19-17-16(27(25,26)22-10-6-13(12-24)7-11-22)15-18(21-9-8-20-15)23(17)14-4-2-1-3-5-14/h8-9,13-14,24H,1-7,10-12,19H2. The van der Waals surface area contributed by atoms with Gasteiger partial charge in [0.05, 0.1) is 0 Å². The van der Waals surface area contributed by atoms with Gasteiger partial charge in [-0.15, -0.1) is 0 Å². The van der Waals surface area contributed by atoms with E-state index in [1.54, 1.807) is 6.20 Å². The number of aliphatic hydroxyl groups excluding tert-OH is 1. The molecule has 2 aromatic rings. The molecule has 0 atom stereocenters. The van der Waals surface area contributed by atoms with Gasteiger partial charge in [0.25, 0.3) is 0 Å². The van der Waals surface area contributed by atoms with Crippen LogP contribution in [0.1, 0.15) is 51.0 Å². The van der Waals surface area contributed by atoms with Crippen LogP contribution in [-0.4, -0.2) is 52.1 Å². The van der Waals surface area contributed by atoms with Crippen molar-refractivity contribution in [2.45, 2.75) is 55.9 Å². The summed E-state index contributed by atoms with van der Waals surface area (Å²) in [5, 5.41) is 9.32. The Balaban J connectivity index is 1.78. The van der Waals surface area contributed by atoms with Gasteiger partial charge in [-0.05, 0) is 31.6 Å². The molecule has 1 aliphatic heterocycles. The van der Waals surface area contributed by atoms with Crippen LogP contribution in [0.2, 0.25) is 0 Å². The third kappa shape index (κ3) is 3.21. The molecule has 0 radical (unpaired) electrons. The molecule has 9 heteroatoms. The van der Waals surface area contributed by atoms with E-state index in [1.807, 2.05) is 4.57 Å². The molecule has 2 aliphatic rings. The fourth-order valence-electron chi connectivity index (χ4n) is 4.44. The molecule has 8 nitrogen and oxygen atoms in total. The van der Waals surface area contributed by atoms with Crippen LogP contribution < -0.4 is 5.73 Å². The molecule has 2 fully saturated rings. The number of aromatic nitrogens is 3. The Morgan fingerprint density at radius 1 is 1.07 bits per heavy atom. The summed E-state index contributed by atoms with van der Waals surface area (Å²) < 4.78 is 30.2. The smallest absolute Gasteiger partial charge is 0.248 e. The van der Waals surface area contributed by atoms with Gasteiger partial charge < -0.3 is 15.4 Å². The molecule has 0 aromatic carbocycles. The number of piperidine rings is 1. The van der Waals surface area contributed by atoms with Crippen LogP contribution in [0.15, 0.2) is 17.3 Å². The van der Waals surface area contributed by atoms with Crippen LogP contribution >= 0.6 is 0 Å². The highest BCUT2D eigenvalue weighted by Crippen LogP contribution is 2.39. The minimum Gasteiger partial charge on any atom is -0.396 e. The van der Waals surface area contributed by atoms with Crippen molar-refractivity contribution in [1.82, 2.24) is 18.8 Å². The second-order valence-electron chi connectivity index (χ2n) is 7.63. The lowest BCUT2D eigenvalue weighted by Gasteiger charge is -2.30. The van der Waals surface area contributed by atoms with Crippen molar-refractivity contribution < 1.29 is 13.5 Å². The van der Waals surface area contributed by atoms with Gasteiger partial charge >= 0.3 is 0 Å². The Morgan fingerprint density at radius 3 is 2.41 bits per heavy atom. The molecule has 1 saturated carbocycles. The van der Waals surface area contributed by atoms with E-state index < -0.39 is 10.0 Å². The Hall–Kier alpha value is -1.71. The second kappa shape index (κ2) is 7.37. The normalized spacial score (nSPS) is 21.1. The molecule has 3 N–H and O–H groups in total. The van der Waals surface area contributed by atoms with Crippen molar-refractivity contribution in [1.29, 1.82) is 0 Å². The van der Waals surface area contributed by atoms with E-state index in [0.29, 0.717) is 37.1 Å². The van der Waals surface area contributed by atoms with Crippen molar-refractivity contribution in [2.24, 2.45) is 5.92 Å². The van der Waals surface area contributed by atoms with E-state index >= 15 is 0 Å². The van der Waals surface area contributed by atoms with Gasteiger partial charge in [0.15, 0.2) is 10.5 Å². The van der Waals surface area contributed by atoms with Crippen LogP contribution in [0.25, 0.3) is 11.2 Å². The number of nitrogens with two attached hydrogens (primary N) is 1. The number of fused-ring (bicyclic) bond motifs is 1. The highest BCUT2D eigenvalue weighted by molar-refractivity contribution is 7.89. The molecule has 27 heavy (non-hydrogen) atoms. The van der Waals surface area contributed by atoms with Crippen molar-refractivity contribution in [3.8, 4) is 0 Å². The second-order valence-corrected chi connectivity index (χ2v) is 9.51. The maximum atomic E-state index is 13.4. The lowest BCUT2D eigenvalue weighted by molar-refractivity contribution is 0.170. The Kier molecular flexibility index (Phi) is 5.09. The van der Waals surface area contributed by atoms with Gasteiger partial charge in [-0.3, -0.25) is 0 Å². The van der Waals surface area contributed by atoms with E-state index in [4.69, 9.17) is 5.73 Å². The van der Waals surface area contributed by atoms with E-state index in [1.165, 1.54) is 16.9 Å². The largest absolute Gasteiger partial charge is 0.396 e. The first-order valence-electron chi connectivity index (χ1n) is 9.75. The van der Waals surface area contributed by atoms with Crippen molar-refractivity contribution in [3.05, 3.63) is 12.4 Å². The monoisotopic (exact) mass is 393 g/mol. The number of nitrogen functional groups attached to an aromatic ring is 1. The predicted molar refractivity (Wildman–Crippen MR) is 103 cm³/mol. The van der Waals surface area contributed by atoms with Crippen molar-refractivity contribution in [3.63, 3.8) is 0 Å². The first-order valence-corrected chi connectivity index (χ1v) is 11.2. The SMILES string of the molecule is Nc1c(S(=O)(=O)N2CCC(CO)CC2)c2nccnc2n1C1CCCCC1. The lowest BCUT2D eigenvalue weighted by atomic mass is 9.95. The fraction of sp³-hybridized carbons (Fsp3) is 0.667. The van der Waals surface area contributed by atoms with E-state index in [2.05, 4.69) is 9.97 Å². The first kappa shape index (κ1) is 18.6. The van der Waals surface area contributed by atoms with Crippen molar-refractivity contribution >= 4 is 27.0 Å². The van der Waals surface area contributed by atoms with E-state index in [9.17, 15) is 13.5 Å². The molecule has 0 spiro atoms. The maximum absolute atomic E-state index is 13.4. The summed E-state index contributed by atoms with van der Waals surface area (Å²) in [7, 11) is -3.77. The van der Waals surface area contributed by atoms with Gasteiger partial charge in [-0.2, -0.15) is 4.31 Å². The zero-order valence-electron chi connectivity index (χ0n) is 15.4. The number of sulfonamides is 1. The fourth-order valence-corrected chi connectivity index (χ4v) is 6.14. The third-order valence-electron chi connectivity index (χ3n) is 5.98. The van der Waals surface area contributed by atoms with E-state index in [-0.39, 0.29) is 29.3 Å². The summed E-state index contributed by atoms with van der Waals surface area (Å²) in [5.41, 5.74) is 7.36. The summed E-state index contributed by atoms with van der Waals surface area (Å²) in [6.45, 7) is 0.884. The molecule has 0 bridgehead atoms. The first-order chi connectivity index (χ1) is 13.0. The number of nitrogens with zero attached hydrogens (tertiary/aromatic N) is 4. The summed E-state index contributed by atoms with van der Waals surface area (Å²) in [6, 6.07) is 0.169. The molecular weight excluding hydrogens is 366 g/mol. The Labute approximate surface area is 159 Å². The van der Waals surface area contributed by atoms with Crippen LogP contribution in [0.3, 0.4) is 0 Å². The topological polar surface area (TPSA) is 114 Å². The van der Waals surface area contributed by atoms with Crippen molar-refractivity contribution in [2.75, 3.05) is 25.4 Å². The summed E-state index contributed by atoms with van der Waals surface area (Å²) >= 11 is 0. The van der Waals surface area contributed by atoms with Gasteiger partial charge in [-0.1, -0.05) is 19.3 Å². The summed E-state index contributed by atoms with van der Waals surface area (Å²) in [5.74, 6) is 0.421.